The van der Waals surface area contributed by atoms with Gasteiger partial charge in [0, 0.05) is 39.3 Å². The van der Waals surface area contributed by atoms with Gasteiger partial charge in [-0.3, -0.25) is 9.80 Å². The summed E-state index contributed by atoms with van der Waals surface area (Å²) in [6, 6.07) is 9.90. The highest BCUT2D eigenvalue weighted by Crippen LogP contribution is 2.18. The van der Waals surface area contributed by atoms with Gasteiger partial charge < -0.3 is 16.0 Å². The first kappa shape index (κ1) is 15.8. The van der Waals surface area contributed by atoms with Crippen molar-refractivity contribution >= 4 is 5.84 Å². The van der Waals surface area contributed by atoms with E-state index in [0.29, 0.717) is 0 Å². The van der Waals surface area contributed by atoms with Crippen LogP contribution in [0.15, 0.2) is 35.5 Å². The lowest BCUT2D eigenvalue weighted by Gasteiger charge is -2.36. The van der Waals surface area contributed by atoms with E-state index in [0.717, 1.165) is 44.8 Å². The molecule has 0 saturated carbocycles. The average Bonchev–Trinajstić information content (AvgIpc) is 2.54. The molecule has 6 heteroatoms. The number of oxime groups is 1. The number of aliphatic hydroxyl groups excluding tert-OH is 1. The monoisotopic (exact) mass is 292 g/mol. The first-order chi connectivity index (χ1) is 10.2. The van der Waals surface area contributed by atoms with Crippen LogP contribution in [0.3, 0.4) is 0 Å². The van der Waals surface area contributed by atoms with E-state index in [1.807, 2.05) is 30.3 Å². The van der Waals surface area contributed by atoms with Gasteiger partial charge in [-0.15, -0.1) is 0 Å². The van der Waals surface area contributed by atoms with Crippen LogP contribution in [0.4, 0.5) is 0 Å². The van der Waals surface area contributed by atoms with Gasteiger partial charge in [0.1, 0.15) is 5.84 Å². The third-order valence-electron chi connectivity index (χ3n) is 4.00. The Bertz CT molecular complexity index is 444. The normalized spacial score (nSPS) is 19.6. The minimum Gasteiger partial charge on any atom is -0.409 e. The third kappa shape index (κ3) is 4.42. The molecular formula is C15H24N4O2. The van der Waals surface area contributed by atoms with Gasteiger partial charge in [-0.2, -0.15) is 0 Å². The van der Waals surface area contributed by atoms with Gasteiger partial charge in [0.25, 0.3) is 0 Å². The second-order valence-corrected chi connectivity index (χ2v) is 5.35. The molecule has 1 aliphatic heterocycles. The fraction of sp³-hybridized carbons (Fsp3) is 0.533. The van der Waals surface area contributed by atoms with Gasteiger partial charge in [-0.1, -0.05) is 35.5 Å². The molecule has 4 N–H and O–H groups in total. The maximum absolute atomic E-state index is 9.02. The standard InChI is InChI=1S/C15H24N4O2/c16-15(17-21)14(13-4-2-1-3-5-13)12-19-8-6-18(7-9-19)10-11-20/h1-5,14,20-21H,6-12H2,(H2,16,17). The van der Waals surface area contributed by atoms with E-state index in [4.69, 9.17) is 16.0 Å². The first-order valence-corrected chi connectivity index (χ1v) is 7.32. The lowest BCUT2D eigenvalue weighted by Crippen LogP contribution is -2.49. The molecule has 2 rings (SSSR count). The second-order valence-electron chi connectivity index (χ2n) is 5.35. The number of rotatable bonds is 6. The molecule has 21 heavy (non-hydrogen) atoms. The molecule has 0 amide bonds. The molecule has 1 atom stereocenters. The molecule has 1 aromatic rings. The van der Waals surface area contributed by atoms with Crippen LogP contribution in [-0.2, 0) is 0 Å². The zero-order chi connectivity index (χ0) is 15.1. The molecule has 1 saturated heterocycles. The van der Waals surface area contributed by atoms with Crippen molar-refractivity contribution in [3.63, 3.8) is 0 Å². The largest absolute Gasteiger partial charge is 0.409 e. The molecule has 0 bridgehead atoms. The number of piperazine rings is 1. The lowest BCUT2D eigenvalue weighted by atomic mass is 9.97. The molecule has 1 aliphatic rings. The van der Waals surface area contributed by atoms with Crippen LogP contribution in [0.25, 0.3) is 0 Å². The van der Waals surface area contributed by atoms with Crippen molar-refractivity contribution < 1.29 is 10.3 Å². The van der Waals surface area contributed by atoms with E-state index in [2.05, 4.69) is 15.0 Å². The quantitative estimate of drug-likeness (QED) is 0.300. The van der Waals surface area contributed by atoms with Gasteiger partial charge in [0.05, 0.1) is 12.5 Å². The number of nitrogens with zero attached hydrogens (tertiary/aromatic N) is 3. The number of nitrogens with two attached hydrogens (primary N) is 1. The Morgan fingerprint density at radius 1 is 1.14 bits per heavy atom. The fourth-order valence-corrected chi connectivity index (χ4v) is 2.72. The van der Waals surface area contributed by atoms with Crippen LogP contribution < -0.4 is 5.73 Å². The summed E-state index contributed by atoms with van der Waals surface area (Å²) in [5.41, 5.74) is 6.93. The van der Waals surface area contributed by atoms with Gasteiger partial charge in [0.2, 0.25) is 0 Å². The maximum Gasteiger partial charge on any atom is 0.147 e. The molecule has 0 spiro atoms. The number of amidine groups is 1. The van der Waals surface area contributed by atoms with Gasteiger partial charge in [0.15, 0.2) is 0 Å². The van der Waals surface area contributed by atoms with Crippen LogP contribution in [0.1, 0.15) is 11.5 Å². The van der Waals surface area contributed by atoms with Crippen molar-refractivity contribution in [3.8, 4) is 0 Å². The summed E-state index contributed by atoms with van der Waals surface area (Å²) in [5, 5.41) is 21.2. The average molecular weight is 292 g/mol. The van der Waals surface area contributed by atoms with Crippen molar-refractivity contribution in [2.75, 3.05) is 45.9 Å². The SMILES string of the molecule is NC(=NO)C(CN1CCN(CCO)CC1)c1ccccc1. The molecule has 0 aliphatic carbocycles. The van der Waals surface area contributed by atoms with Crippen LogP contribution in [0, 0.1) is 0 Å². The number of β-amino-alcohol motifs (C(OH)–C–C–N with tert-alkyl or cyclic N) is 1. The first-order valence-electron chi connectivity index (χ1n) is 7.32. The topological polar surface area (TPSA) is 85.3 Å². The van der Waals surface area contributed by atoms with E-state index in [1.54, 1.807) is 0 Å². The molecular weight excluding hydrogens is 268 g/mol. The summed E-state index contributed by atoms with van der Waals surface area (Å²) in [5.74, 6) is 0.152. The van der Waals surface area contributed by atoms with Crippen molar-refractivity contribution in [1.82, 2.24) is 9.80 Å². The third-order valence-corrected chi connectivity index (χ3v) is 4.00. The Hall–Kier alpha value is -1.63. The summed E-state index contributed by atoms with van der Waals surface area (Å²) < 4.78 is 0. The van der Waals surface area contributed by atoms with E-state index < -0.39 is 0 Å². The number of hydrogen-bond donors (Lipinski definition) is 3. The summed E-state index contributed by atoms with van der Waals surface area (Å²) in [4.78, 5) is 4.57. The molecule has 1 fully saturated rings. The van der Waals surface area contributed by atoms with Crippen molar-refractivity contribution in [3.05, 3.63) is 35.9 Å². The van der Waals surface area contributed by atoms with Crippen molar-refractivity contribution in [2.45, 2.75) is 5.92 Å². The Kier molecular flexibility index (Phi) is 5.98. The van der Waals surface area contributed by atoms with Gasteiger partial charge in [-0.25, -0.2) is 0 Å². The van der Waals surface area contributed by atoms with Crippen LogP contribution in [0.5, 0.6) is 0 Å². The van der Waals surface area contributed by atoms with E-state index in [1.165, 1.54) is 0 Å². The fourth-order valence-electron chi connectivity index (χ4n) is 2.72. The summed E-state index contributed by atoms with van der Waals surface area (Å²) in [6.45, 7) is 5.43. The minimum absolute atomic E-state index is 0.0967. The Labute approximate surface area is 125 Å². The van der Waals surface area contributed by atoms with Crippen molar-refractivity contribution in [1.29, 1.82) is 0 Å². The number of aliphatic hydroxyl groups is 1. The highest BCUT2D eigenvalue weighted by molar-refractivity contribution is 5.87. The lowest BCUT2D eigenvalue weighted by molar-refractivity contribution is 0.111. The second kappa shape index (κ2) is 7.97. The predicted molar refractivity (Wildman–Crippen MR) is 82.6 cm³/mol. The molecule has 6 nitrogen and oxygen atoms in total. The zero-order valence-corrected chi connectivity index (χ0v) is 12.2. The molecule has 1 aromatic carbocycles. The Balaban J connectivity index is 1.98. The smallest absolute Gasteiger partial charge is 0.147 e. The van der Waals surface area contributed by atoms with Crippen LogP contribution >= 0.6 is 0 Å². The van der Waals surface area contributed by atoms with Crippen molar-refractivity contribution in [2.24, 2.45) is 10.9 Å². The highest BCUT2D eigenvalue weighted by atomic mass is 16.4. The van der Waals surface area contributed by atoms with Gasteiger partial charge in [-0.05, 0) is 5.56 Å². The van der Waals surface area contributed by atoms with Crippen LogP contribution in [0.2, 0.25) is 0 Å². The molecule has 1 unspecified atom stereocenters. The summed E-state index contributed by atoms with van der Waals surface area (Å²) in [6.07, 6.45) is 0. The van der Waals surface area contributed by atoms with E-state index >= 15 is 0 Å². The Morgan fingerprint density at radius 2 is 1.76 bits per heavy atom. The zero-order valence-electron chi connectivity index (χ0n) is 12.2. The minimum atomic E-state index is -0.0967. The summed E-state index contributed by atoms with van der Waals surface area (Å²) >= 11 is 0. The maximum atomic E-state index is 9.02. The molecule has 116 valence electrons. The highest BCUT2D eigenvalue weighted by Gasteiger charge is 2.23. The number of benzene rings is 1. The molecule has 1 heterocycles. The van der Waals surface area contributed by atoms with Crippen LogP contribution in [-0.4, -0.2) is 71.8 Å². The molecule has 0 radical (unpaired) electrons. The summed E-state index contributed by atoms with van der Waals surface area (Å²) in [7, 11) is 0. The van der Waals surface area contributed by atoms with Gasteiger partial charge >= 0.3 is 0 Å². The predicted octanol–water partition coefficient (Wildman–Crippen LogP) is 0.127. The molecule has 0 aromatic heterocycles. The number of hydrogen-bond acceptors (Lipinski definition) is 5. The Morgan fingerprint density at radius 3 is 2.33 bits per heavy atom. The van der Waals surface area contributed by atoms with E-state index in [9.17, 15) is 0 Å². The van der Waals surface area contributed by atoms with E-state index in [-0.39, 0.29) is 18.4 Å².